The number of benzene rings is 1. The molecule has 2 atom stereocenters. The van der Waals surface area contributed by atoms with Gasteiger partial charge in [0.15, 0.2) is 0 Å². The van der Waals surface area contributed by atoms with E-state index in [0.29, 0.717) is 25.3 Å². The summed E-state index contributed by atoms with van der Waals surface area (Å²) < 4.78 is 5.32. The highest BCUT2D eigenvalue weighted by Gasteiger charge is 2.37. The van der Waals surface area contributed by atoms with Gasteiger partial charge in [-0.2, -0.15) is 0 Å². The molecule has 21 heavy (non-hydrogen) atoms. The Morgan fingerprint density at radius 2 is 2.10 bits per heavy atom. The maximum atomic E-state index is 11.5. The molecule has 3 N–H and O–H groups in total. The number of hydrogen-bond acceptors (Lipinski definition) is 4. The van der Waals surface area contributed by atoms with Crippen molar-refractivity contribution in [1.82, 2.24) is 4.90 Å². The molecule has 1 amide bonds. The molecule has 0 spiro atoms. The lowest BCUT2D eigenvalue weighted by atomic mass is 10.00. The van der Waals surface area contributed by atoms with Crippen LogP contribution in [0.25, 0.3) is 0 Å². The zero-order valence-corrected chi connectivity index (χ0v) is 12.0. The zero-order chi connectivity index (χ0) is 15.4. The molecular formula is C15H20N2O4. The number of nitrogens with zero attached hydrogens (tertiary/aromatic N) is 1. The Hall–Kier alpha value is -1.92. The molecule has 1 aromatic rings. The van der Waals surface area contributed by atoms with Crippen LogP contribution < -0.4 is 5.73 Å². The second kappa shape index (κ2) is 6.69. The van der Waals surface area contributed by atoms with Gasteiger partial charge in [0.25, 0.3) is 0 Å². The highest BCUT2D eigenvalue weighted by atomic mass is 16.5. The van der Waals surface area contributed by atoms with E-state index in [4.69, 9.17) is 10.5 Å². The largest absolute Gasteiger partial charge is 0.481 e. The SMILES string of the molecule is CCN(Cc1ccccc1C(N)=O)C1COCC1C(=O)O. The van der Waals surface area contributed by atoms with Gasteiger partial charge in [-0.3, -0.25) is 14.5 Å². The summed E-state index contributed by atoms with van der Waals surface area (Å²) in [6.07, 6.45) is 0. The lowest BCUT2D eigenvalue weighted by Gasteiger charge is -2.29. The number of rotatable bonds is 6. The van der Waals surface area contributed by atoms with Crippen molar-refractivity contribution in [2.75, 3.05) is 19.8 Å². The average Bonchev–Trinajstić information content (AvgIpc) is 2.94. The maximum absolute atomic E-state index is 11.5. The van der Waals surface area contributed by atoms with Gasteiger partial charge in [-0.15, -0.1) is 0 Å². The molecule has 114 valence electrons. The fourth-order valence-electron chi connectivity index (χ4n) is 2.72. The van der Waals surface area contributed by atoms with E-state index in [9.17, 15) is 14.7 Å². The van der Waals surface area contributed by atoms with Crippen LogP contribution in [0.4, 0.5) is 0 Å². The molecule has 1 fully saturated rings. The van der Waals surface area contributed by atoms with E-state index < -0.39 is 17.8 Å². The molecule has 1 heterocycles. The van der Waals surface area contributed by atoms with Gasteiger partial charge in [-0.1, -0.05) is 25.1 Å². The number of carbonyl (C=O) groups is 2. The van der Waals surface area contributed by atoms with E-state index in [-0.39, 0.29) is 12.6 Å². The third kappa shape index (κ3) is 3.40. The predicted molar refractivity (Wildman–Crippen MR) is 76.8 cm³/mol. The molecule has 0 saturated carbocycles. The Morgan fingerprint density at radius 1 is 1.38 bits per heavy atom. The monoisotopic (exact) mass is 292 g/mol. The Labute approximate surface area is 123 Å². The lowest BCUT2D eigenvalue weighted by Crippen LogP contribution is -2.42. The molecule has 0 aliphatic carbocycles. The highest BCUT2D eigenvalue weighted by molar-refractivity contribution is 5.94. The van der Waals surface area contributed by atoms with Crippen molar-refractivity contribution in [3.8, 4) is 0 Å². The van der Waals surface area contributed by atoms with E-state index in [0.717, 1.165) is 5.56 Å². The number of aliphatic carboxylic acids is 1. The molecule has 0 aromatic heterocycles. The fourth-order valence-corrected chi connectivity index (χ4v) is 2.72. The summed E-state index contributed by atoms with van der Waals surface area (Å²) in [4.78, 5) is 24.8. The Balaban J connectivity index is 2.20. The van der Waals surface area contributed by atoms with Crippen LogP contribution in [-0.2, 0) is 16.1 Å². The minimum atomic E-state index is -0.848. The van der Waals surface area contributed by atoms with Gasteiger partial charge in [-0.05, 0) is 18.2 Å². The topological polar surface area (TPSA) is 92.9 Å². The van der Waals surface area contributed by atoms with Crippen molar-refractivity contribution >= 4 is 11.9 Å². The van der Waals surface area contributed by atoms with Gasteiger partial charge in [0.05, 0.1) is 19.1 Å². The highest BCUT2D eigenvalue weighted by Crippen LogP contribution is 2.22. The number of nitrogens with two attached hydrogens (primary N) is 1. The van der Waals surface area contributed by atoms with Gasteiger partial charge >= 0.3 is 5.97 Å². The van der Waals surface area contributed by atoms with E-state index >= 15 is 0 Å². The van der Waals surface area contributed by atoms with Crippen molar-refractivity contribution in [1.29, 1.82) is 0 Å². The standard InChI is InChI=1S/C15H20N2O4/c1-2-17(13-9-21-8-12(13)15(19)20)7-10-5-3-4-6-11(10)14(16)18/h3-6,12-13H,2,7-9H2,1H3,(H2,16,18)(H,19,20). The summed E-state index contributed by atoms with van der Waals surface area (Å²) in [5, 5.41) is 9.26. The number of likely N-dealkylation sites (N-methyl/N-ethyl adjacent to an activating group) is 1. The van der Waals surface area contributed by atoms with Crippen molar-refractivity contribution in [2.45, 2.75) is 19.5 Å². The molecule has 1 saturated heterocycles. The number of carbonyl (C=O) groups excluding carboxylic acids is 1. The van der Waals surface area contributed by atoms with Gasteiger partial charge < -0.3 is 15.6 Å². The third-order valence-corrected chi connectivity index (χ3v) is 3.90. The molecular weight excluding hydrogens is 272 g/mol. The third-order valence-electron chi connectivity index (χ3n) is 3.90. The summed E-state index contributed by atoms with van der Waals surface area (Å²) in [5.41, 5.74) is 6.67. The molecule has 2 rings (SSSR count). The fraction of sp³-hybridized carbons (Fsp3) is 0.467. The van der Waals surface area contributed by atoms with Crippen molar-refractivity contribution in [3.63, 3.8) is 0 Å². The molecule has 6 heteroatoms. The van der Waals surface area contributed by atoms with Crippen LogP contribution in [0.2, 0.25) is 0 Å². The van der Waals surface area contributed by atoms with Crippen molar-refractivity contribution in [3.05, 3.63) is 35.4 Å². The van der Waals surface area contributed by atoms with Crippen LogP contribution >= 0.6 is 0 Å². The summed E-state index contributed by atoms with van der Waals surface area (Å²) in [6.45, 7) is 3.74. The summed E-state index contributed by atoms with van der Waals surface area (Å²) >= 11 is 0. The summed E-state index contributed by atoms with van der Waals surface area (Å²) in [5.74, 6) is -1.86. The van der Waals surface area contributed by atoms with Crippen molar-refractivity contribution < 1.29 is 19.4 Å². The number of carboxylic acid groups (broad SMARTS) is 1. The number of amides is 1. The van der Waals surface area contributed by atoms with Gasteiger partial charge in [0, 0.05) is 18.2 Å². The van der Waals surface area contributed by atoms with Crippen LogP contribution in [0.15, 0.2) is 24.3 Å². The van der Waals surface area contributed by atoms with E-state index in [1.807, 2.05) is 24.0 Å². The normalized spacial score (nSPS) is 21.6. The van der Waals surface area contributed by atoms with Crippen LogP contribution in [0.1, 0.15) is 22.8 Å². The molecule has 1 aliphatic heterocycles. The smallest absolute Gasteiger partial charge is 0.310 e. The van der Waals surface area contributed by atoms with Crippen LogP contribution in [-0.4, -0.2) is 47.7 Å². The number of primary amides is 1. The van der Waals surface area contributed by atoms with Crippen LogP contribution in [0.3, 0.4) is 0 Å². The number of ether oxygens (including phenoxy) is 1. The average molecular weight is 292 g/mol. The second-order valence-electron chi connectivity index (χ2n) is 5.13. The van der Waals surface area contributed by atoms with Gasteiger partial charge in [-0.25, -0.2) is 0 Å². The Kier molecular flexibility index (Phi) is 4.93. The molecule has 6 nitrogen and oxygen atoms in total. The molecule has 1 aromatic carbocycles. The minimum absolute atomic E-state index is 0.187. The molecule has 0 bridgehead atoms. The van der Waals surface area contributed by atoms with Crippen LogP contribution in [0, 0.1) is 5.92 Å². The zero-order valence-electron chi connectivity index (χ0n) is 12.0. The van der Waals surface area contributed by atoms with E-state index in [1.54, 1.807) is 12.1 Å². The molecule has 1 aliphatic rings. The lowest BCUT2D eigenvalue weighted by molar-refractivity contribution is -0.143. The van der Waals surface area contributed by atoms with E-state index in [1.165, 1.54) is 0 Å². The number of hydrogen-bond donors (Lipinski definition) is 2. The van der Waals surface area contributed by atoms with Gasteiger partial charge in [0.2, 0.25) is 5.91 Å². The first-order chi connectivity index (χ1) is 10.0. The second-order valence-corrected chi connectivity index (χ2v) is 5.13. The molecule has 2 unspecified atom stereocenters. The van der Waals surface area contributed by atoms with Gasteiger partial charge in [0.1, 0.15) is 0 Å². The Morgan fingerprint density at radius 3 is 2.71 bits per heavy atom. The number of carboxylic acids is 1. The predicted octanol–water partition coefficient (Wildman–Crippen LogP) is 0.707. The summed E-state index contributed by atoms with van der Waals surface area (Å²) in [6, 6.07) is 6.95. The van der Waals surface area contributed by atoms with Crippen LogP contribution in [0.5, 0.6) is 0 Å². The van der Waals surface area contributed by atoms with E-state index in [2.05, 4.69) is 0 Å². The first-order valence-electron chi connectivity index (χ1n) is 6.97. The maximum Gasteiger partial charge on any atom is 0.310 e. The van der Waals surface area contributed by atoms with Crippen molar-refractivity contribution in [2.24, 2.45) is 11.7 Å². The first kappa shape index (κ1) is 15.5. The Bertz CT molecular complexity index is 532. The quantitative estimate of drug-likeness (QED) is 0.805. The molecule has 0 radical (unpaired) electrons. The summed E-state index contributed by atoms with van der Waals surface area (Å²) in [7, 11) is 0. The first-order valence-corrected chi connectivity index (χ1v) is 6.97. The minimum Gasteiger partial charge on any atom is -0.481 e.